The van der Waals surface area contributed by atoms with Crippen molar-refractivity contribution in [2.75, 3.05) is 54.4 Å². The number of nitrogens with zero attached hydrogens (tertiary/aromatic N) is 6. The van der Waals surface area contributed by atoms with E-state index in [1.165, 1.54) is 38.9 Å². The predicted molar refractivity (Wildman–Crippen MR) is 301 cm³/mol. The highest BCUT2D eigenvalue weighted by atomic mass is 32.1. The van der Waals surface area contributed by atoms with Crippen LogP contribution in [0.1, 0.15) is 90.2 Å². The number of pyridine rings is 1. The lowest BCUT2D eigenvalue weighted by Gasteiger charge is -2.36. The van der Waals surface area contributed by atoms with Crippen molar-refractivity contribution in [1.82, 2.24) is 19.4 Å². The zero-order valence-corrected chi connectivity index (χ0v) is 42.6. The highest BCUT2D eigenvalue weighted by Gasteiger charge is 2.24. The number of aromatic nitrogens is 3. The van der Waals surface area contributed by atoms with Crippen LogP contribution in [0.25, 0.3) is 57.0 Å². The van der Waals surface area contributed by atoms with E-state index in [0.29, 0.717) is 5.69 Å². The fraction of sp³-hybridized carbons (Fsp3) is 0.290. The number of anilines is 3. The maximum atomic E-state index is 15.6. The Kier molecular flexibility index (Phi) is 14.1. The lowest BCUT2D eigenvalue weighted by molar-refractivity contribution is 0.252. The van der Waals surface area contributed by atoms with E-state index < -0.39 is 0 Å². The van der Waals surface area contributed by atoms with Gasteiger partial charge >= 0.3 is 0 Å². The highest BCUT2D eigenvalue weighted by molar-refractivity contribution is 7.22. The number of thiazole rings is 1. The summed E-state index contributed by atoms with van der Waals surface area (Å²) >= 11 is 1.65. The van der Waals surface area contributed by atoms with E-state index in [4.69, 9.17) is 9.97 Å². The highest BCUT2D eigenvalue weighted by Crippen LogP contribution is 2.35. The number of aryl methyl sites for hydroxylation is 1. The number of rotatable bonds is 17. The van der Waals surface area contributed by atoms with Crippen LogP contribution in [0.15, 0.2) is 122 Å². The van der Waals surface area contributed by atoms with Crippen molar-refractivity contribution in [2.24, 2.45) is 0 Å². The van der Waals surface area contributed by atoms with Gasteiger partial charge in [-0.15, -0.1) is 0 Å². The molecule has 2 aliphatic rings. The molecule has 0 radical (unpaired) electrons. The molecule has 0 amide bonds. The Morgan fingerprint density at radius 1 is 0.817 bits per heavy atom. The van der Waals surface area contributed by atoms with E-state index in [1.54, 1.807) is 17.4 Å². The minimum atomic E-state index is -0.166. The normalized spacial score (nSPS) is 14.5. The first kappa shape index (κ1) is 47.8. The number of hydrogen-bond donors (Lipinski definition) is 1. The Morgan fingerprint density at radius 3 is 2.35 bits per heavy atom. The summed E-state index contributed by atoms with van der Waals surface area (Å²) in [6, 6.07) is 39.0. The molecule has 71 heavy (non-hydrogen) atoms. The van der Waals surface area contributed by atoms with Crippen molar-refractivity contribution < 1.29 is 4.39 Å². The van der Waals surface area contributed by atoms with E-state index in [0.717, 1.165) is 156 Å². The van der Waals surface area contributed by atoms with Gasteiger partial charge in [0.25, 0.3) is 0 Å². The molecular weight excluding hydrogens is 894 g/mol. The predicted octanol–water partition coefficient (Wildman–Crippen LogP) is 13.0. The smallest absolute Gasteiger partial charge is 0.188 e. The number of nitrogens with one attached hydrogen (secondary N) is 1. The zero-order valence-electron chi connectivity index (χ0n) is 41.7. The number of piperazine rings is 1. The van der Waals surface area contributed by atoms with Gasteiger partial charge in [-0.2, -0.15) is 0 Å². The lowest BCUT2D eigenvalue weighted by atomic mass is 9.91. The summed E-state index contributed by atoms with van der Waals surface area (Å²) in [6.07, 6.45) is 9.17. The van der Waals surface area contributed by atoms with Gasteiger partial charge in [-0.05, 0) is 140 Å². The Bertz CT molecular complexity index is 3330. The molecule has 362 valence electrons. The maximum Gasteiger partial charge on any atom is 0.188 e. The molecule has 0 aliphatic carbocycles. The van der Waals surface area contributed by atoms with Crippen molar-refractivity contribution in [3.8, 4) is 11.1 Å². The second-order valence-corrected chi connectivity index (χ2v) is 20.7. The van der Waals surface area contributed by atoms with Gasteiger partial charge in [0, 0.05) is 83.6 Å². The van der Waals surface area contributed by atoms with Gasteiger partial charge in [-0.1, -0.05) is 124 Å². The minimum Gasteiger partial charge on any atom is -0.367 e. The van der Waals surface area contributed by atoms with E-state index in [2.05, 4.69) is 151 Å². The number of benzene rings is 5. The Morgan fingerprint density at radius 2 is 1.58 bits per heavy atom. The lowest BCUT2D eigenvalue weighted by Crippen LogP contribution is -2.47. The molecule has 3 aromatic heterocycles. The molecule has 0 spiro atoms. The zero-order chi connectivity index (χ0) is 49.2. The summed E-state index contributed by atoms with van der Waals surface area (Å²) in [4.78, 5) is 17.1. The van der Waals surface area contributed by atoms with Crippen molar-refractivity contribution in [3.63, 3.8) is 0 Å². The molecule has 0 bridgehead atoms. The first-order valence-electron chi connectivity index (χ1n) is 25.5. The minimum absolute atomic E-state index is 0.166. The summed E-state index contributed by atoms with van der Waals surface area (Å²) in [5.41, 5.74) is 14.7. The largest absolute Gasteiger partial charge is 0.367 e. The molecule has 8 aromatic rings. The summed E-state index contributed by atoms with van der Waals surface area (Å²) in [5.74, 6) is 0.787. The average molecular weight is 960 g/mol. The van der Waals surface area contributed by atoms with Gasteiger partial charge in [-0.3, -0.25) is 4.90 Å². The monoisotopic (exact) mass is 960 g/mol. The van der Waals surface area contributed by atoms with Crippen molar-refractivity contribution in [3.05, 3.63) is 184 Å². The summed E-state index contributed by atoms with van der Waals surface area (Å²) < 4.78 is 18.9. The molecule has 5 heterocycles. The van der Waals surface area contributed by atoms with Crippen LogP contribution in [0.5, 0.6) is 0 Å². The third-order valence-corrected chi connectivity index (χ3v) is 16.0. The number of hydrogen-bond acceptors (Lipinski definition) is 7. The molecule has 1 fully saturated rings. The van der Waals surface area contributed by atoms with Gasteiger partial charge in [0.15, 0.2) is 5.13 Å². The van der Waals surface area contributed by atoms with Crippen LogP contribution in [0.4, 0.5) is 21.0 Å². The molecule has 1 unspecified atom stereocenters. The van der Waals surface area contributed by atoms with Crippen LogP contribution in [-0.2, 0) is 25.8 Å². The van der Waals surface area contributed by atoms with Crippen LogP contribution >= 0.6 is 11.3 Å². The fourth-order valence-corrected chi connectivity index (χ4v) is 12.0. The Hall–Kier alpha value is -6.81. The number of unbranched alkanes of at least 4 members (excludes halogenated alkanes) is 1. The molecule has 1 N–H and O–H groups in total. The standard InChI is InChI=1S/C62H66FN7S/c1-8-16-41(3)70-44(6)53-38-56(63)59(39-54(53)45(70)7)68-35-33-67(34-36-68)31-13-12-17-46-24-26-47(27-25-46)37-49-19-15-20-50(42(49)4)52-28-29-61(65-57(52)9-2)69-32-30-48-18-14-21-51(55(48)40-69)43(5)64-62-66-58-22-10-11-23-60(58)71-62/h9-11,14-15,18-29,38-39,41H,2,5-8,12-13,16-17,30-37,40H2,1,3-4H3,(H,64,66). The van der Waals surface area contributed by atoms with Crippen molar-refractivity contribution >= 4 is 73.9 Å². The van der Waals surface area contributed by atoms with Crippen LogP contribution in [-0.4, -0.2) is 58.7 Å². The molecular formula is C62H66FN7S. The van der Waals surface area contributed by atoms with Crippen LogP contribution in [0, 0.1) is 12.7 Å². The fourth-order valence-electron chi connectivity index (χ4n) is 11.1. The average Bonchev–Trinajstić information content (AvgIpc) is 3.91. The maximum absolute atomic E-state index is 15.6. The van der Waals surface area contributed by atoms with Crippen LogP contribution in [0.3, 0.4) is 0 Å². The Balaban J connectivity index is 0.723. The van der Waals surface area contributed by atoms with E-state index >= 15 is 4.39 Å². The molecule has 0 saturated carbocycles. The first-order chi connectivity index (χ1) is 34.6. The molecule has 10 rings (SSSR count). The Labute approximate surface area is 423 Å². The van der Waals surface area contributed by atoms with Gasteiger partial charge in [0.05, 0.1) is 21.6 Å². The second-order valence-electron chi connectivity index (χ2n) is 19.6. The molecule has 9 heteroatoms. The topological polar surface area (TPSA) is 52.5 Å². The molecule has 7 nitrogen and oxygen atoms in total. The number of fused-ring (bicyclic) bond motifs is 3. The summed E-state index contributed by atoms with van der Waals surface area (Å²) in [5, 5.41) is 8.05. The van der Waals surface area contributed by atoms with E-state index in [1.807, 2.05) is 30.3 Å². The van der Waals surface area contributed by atoms with Gasteiger partial charge in [0.1, 0.15) is 11.6 Å². The van der Waals surface area contributed by atoms with Gasteiger partial charge in [-0.25, -0.2) is 14.4 Å². The molecule has 1 atom stereocenters. The van der Waals surface area contributed by atoms with Gasteiger partial charge < -0.3 is 19.7 Å². The quantitative estimate of drug-likeness (QED) is 0.0918. The number of para-hydroxylation sites is 1. The SMILES string of the molecule is C=Cc1nc(N2CCc3cccc(C(=C)Nc4nc5ccccc5s4)c3C2)ccc1-c1cccc(Cc2ccc(CCCCN3CCN(c4cc5c(=C)n(C(C)CCC)c(=C)c5cc4F)CC3)cc2)c1C. The second kappa shape index (κ2) is 20.9. The summed E-state index contributed by atoms with van der Waals surface area (Å²) in [6.45, 7) is 30.2. The third-order valence-electron chi connectivity index (χ3n) is 15.1. The molecule has 5 aromatic carbocycles. The first-order valence-corrected chi connectivity index (χ1v) is 26.3. The van der Waals surface area contributed by atoms with Crippen molar-refractivity contribution in [1.29, 1.82) is 0 Å². The van der Waals surface area contributed by atoms with E-state index in [-0.39, 0.29) is 11.9 Å². The number of halogens is 1. The van der Waals surface area contributed by atoms with Crippen LogP contribution < -0.4 is 25.8 Å². The third kappa shape index (κ3) is 9.95. The molecule has 1 saturated heterocycles. The molecule has 2 aliphatic heterocycles. The summed E-state index contributed by atoms with van der Waals surface area (Å²) in [7, 11) is 0. The van der Waals surface area contributed by atoms with Crippen molar-refractivity contribution in [2.45, 2.75) is 78.3 Å². The van der Waals surface area contributed by atoms with Gasteiger partial charge in [0.2, 0.25) is 0 Å². The van der Waals surface area contributed by atoms with Crippen LogP contribution in [0.2, 0.25) is 0 Å². The van der Waals surface area contributed by atoms with E-state index in [9.17, 15) is 0 Å².